The Labute approximate surface area is 105 Å². The number of H-pyrrole nitrogens is 1. The summed E-state index contributed by atoms with van der Waals surface area (Å²) in [6.45, 7) is 2.23. The maximum Gasteiger partial charge on any atom is 0.157 e. The number of aromatic nitrogens is 3. The summed E-state index contributed by atoms with van der Waals surface area (Å²) in [6.07, 6.45) is 7.56. The topological polar surface area (TPSA) is 67.6 Å². The molecule has 2 aromatic heterocycles. The normalized spacial score (nSPS) is 25.9. The number of anilines is 1. The van der Waals surface area contributed by atoms with E-state index in [0.29, 0.717) is 11.8 Å². The molecule has 2 bridgehead atoms. The Morgan fingerprint density at radius 3 is 3.17 bits per heavy atom. The zero-order valence-corrected chi connectivity index (χ0v) is 10.4. The Morgan fingerprint density at radius 2 is 2.28 bits per heavy atom. The second kappa shape index (κ2) is 3.34. The van der Waals surface area contributed by atoms with E-state index in [-0.39, 0.29) is 0 Å². The maximum atomic E-state index is 6.35. The van der Waals surface area contributed by atoms with Crippen LogP contribution in [0.3, 0.4) is 0 Å². The third kappa shape index (κ3) is 1.26. The fraction of sp³-hybridized carbons (Fsp3) is 0.429. The van der Waals surface area contributed by atoms with Crippen molar-refractivity contribution in [2.45, 2.75) is 32.1 Å². The number of nitrogens with one attached hydrogen (secondary N) is 1. The zero-order valence-electron chi connectivity index (χ0n) is 10.4. The maximum absolute atomic E-state index is 6.35. The summed E-state index contributed by atoms with van der Waals surface area (Å²) in [6, 6.07) is 0. The number of nitrogens with zero attached hydrogens (tertiary/aromatic N) is 2. The first-order valence-electron chi connectivity index (χ1n) is 6.51. The molecule has 4 nitrogen and oxygen atoms in total. The van der Waals surface area contributed by atoms with Gasteiger partial charge in [0, 0.05) is 16.9 Å². The van der Waals surface area contributed by atoms with Crippen molar-refractivity contribution in [1.29, 1.82) is 0 Å². The van der Waals surface area contributed by atoms with Gasteiger partial charge in [-0.15, -0.1) is 0 Å². The summed E-state index contributed by atoms with van der Waals surface area (Å²) in [7, 11) is 0. The molecule has 2 aliphatic rings. The van der Waals surface area contributed by atoms with Crippen LogP contribution in [0.4, 0.5) is 5.69 Å². The molecule has 2 atom stereocenters. The van der Waals surface area contributed by atoms with Gasteiger partial charge in [-0.2, -0.15) is 5.10 Å². The van der Waals surface area contributed by atoms with E-state index in [4.69, 9.17) is 10.7 Å². The third-order valence-corrected chi connectivity index (χ3v) is 4.30. The number of nitrogen functional groups attached to an aromatic ring is 1. The average molecular weight is 240 g/mol. The molecule has 0 fully saturated rings. The molecular weight excluding hydrogens is 224 g/mol. The van der Waals surface area contributed by atoms with Crippen LogP contribution in [0.2, 0.25) is 0 Å². The lowest BCUT2D eigenvalue weighted by Crippen LogP contribution is -2.24. The Bertz CT molecular complexity index is 668. The van der Waals surface area contributed by atoms with Gasteiger partial charge in [0.15, 0.2) is 5.65 Å². The largest absolute Gasteiger partial charge is 0.398 e. The molecule has 0 saturated carbocycles. The van der Waals surface area contributed by atoms with Crippen LogP contribution in [0.25, 0.3) is 11.0 Å². The van der Waals surface area contributed by atoms with Crippen LogP contribution in [-0.4, -0.2) is 15.2 Å². The summed E-state index contributed by atoms with van der Waals surface area (Å²) >= 11 is 0. The molecule has 0 aromatic carbocycles. The first kappa shape index (κ1) is 10.1. The number of hydrogen-bond acceptors (Lipinski definition) is 3. The summed E-state index contributed by atoms with van der Waals surface area (Å²) < 4.78 is 0. The third-order valence-electron chi connectivity index (χ3n) is 4.30. The second-order valence-corrected chi connectivity index (χ2v) is 5.63. The van der Waals surface area contributed by atoms with Crippen LogP contribution < -0.4 is 5.73 Å². The van der Waals surface area contributed by atoms with E-state index in [1.165, 1.54) is 23.3 Å². The molecule has 2 aliphatic carbocycles. The number of aromatic amines is 1. The molecule has 18 heavy (non-hydrogen) atoms. The van der Waals surface area contributed by atoms with Crippen LogP contribution in [0.5, 0.6) is 0 Å². The van der Waals surface area contributed by atoms with E-state index in [0.717, 1.165) is 29.6 Å². The fourth-order valence-electron chi connectivity index (χ4n) is 3.65. The molecule has 0 aliphatic heterocycles. The van der Waals surface area contributed by atoms with Gasteiger partial charge in [0.2, 0.25) is 0 Å². The lowest BCUT2D eigenvalue weighted by Gasteiger charge is -2.34. The molecule has 4 heteroatoms. The highest BCUT2D eigenvalue weighted by Gasteiger charge is 2.32. The number of hydrogen-bond donors (Lipinski definition) is 2. The molecule has 2 aromatic rings. The Morgan fingerprint density at radius 1 is 1.39 bits per heavy atom. The van der Waals surface area contributed by atoms with Crippen molar-refractivity contribution < 1.29 is 0 Å². The first-order valence-corrected chi connectivity index (χ1v) is 6.51. The molecule has 0 amide bonds. The SMILES string of the molecule is CC1=CC2Cc3nc4[nH]ncc4c(N)c3C(C1)C2. The van der Waals surface area contributed by atoms with Crippen molar-refractivity contribution >= 4 is 16.7 Å². The Hall–Kier alpha value is -1.84. The lowest BCUT2D eigenvalue weighted by molar-refractivity contribution is 0.433. The first-order chi connectivity index (χ1) is 8.72. The summed E-state index contributed by atoms with van der Waals surface area (Å²) in [5, 5.41) is 7.95. The van der Waals surface area contributed by atoms with E-state index in [9.17, 15) is 0 Å². The van der Waals surface area contributed by atoms with Gasteiger partial charge in [0.05, 0.1) is 11.6 Å². The van der Waals surface area contributed by atoms with Gasteiger partial charge in [0.25, 0.3) is 0 Å². The quantitative estimate of drug-likeness (QED) is 0.695. The highest BCUT2D eigenvalue weighted by atomic mass is 15.1. The lowest BCUT2D eigenvalue weighted by atomic mass is 9.71. The van der Waals surface area contributed by atoms with Gasteiger partial charge in [-0.25, -0.2) is 4.98 Å². The van der Waals surface area contributed by atoms with Gasteiger partial charge in [-0.1, -0.05) is 11.6 Å². The van der Waals surface area contributed by atoms with E-state index < -0.39 is 0 Å². The summed E-state index contributed by atoms with van der Waals surface area (Å²) in [5.41, 5.74) is 12.0. The van der Waals surface area contributed by atoms with Crippen LogP contribution >= 0.6 is 0 Å². The van der Waals surface area contributed by atoms with Crippen LogP contribution in [0, 0.1) is 5.92 Å². The number of pyridine rings is 1. The predicted molar refractivity (Wildman–Crippen MR) is 71.2 cm³/mol. The molecule has 0 spiro atoms. The van der Waals surface area contributed by atoms with Crippen molar-refractivity contribution in [3.8, 4) is 0 Å². The van der Waals surface area contributed by atoms with Gasteiger partial charge in [0.1, 0.15) is 0 Å². The number of fused-ring (bicyclic) bond motifs is 5. The summed E-state index contributed by atoms with van der Waals surface area (Å²) in [5.74, 6) is 1.19. The molecule has 2 heterocycles. The fourth-order valence-corrected chi connectivity index (χ4v) is 3.65. The summed E-state index contributed by atoms with van der Waals surface area (Å²) in [4.78, 5) is 4.72. The molecule has 0 saturated heterocycles. The standard InChI is InChI=1S/C14H16N4/c1-7-2-8-4-9(3-7)12-11(5-8)17-14-10(13(12)15)6-16-18-14/h2,6,8-9H,3-5H2,1H3,(H3,15,16,17,18). The van der Waals surface area contributed by atoms with Crippen molar-refractivity contribution in [3.63, 3.8) is 0 Å². The molecule has 2 unspecified atom stereocenters. The van der Waals surface area contributed by atoms with Crippen molar-refractivity contribution in [1.82, 2.24) is 15.2 Å². The van der Waals surface area contributed by atoms with Gasteiger partial charge in [-0.3, -0.25) is 5.10 Å². The van der Waals surface area contributed by atoms with E-state index in [1.54, 1.807) is 6.20 Å². The van der Waals surface area contributed by atoms with E-state index >= 15 is 0 Å². The van der Waals surface area contributed by atoms with Crippen molar-refractivity contribution in [2.24, 2.45) is 5.92 Å². The van der Waals surface area contributed by atoms with Gasteiger partial charge < -0.3 is 5.73 Å². The van der Waals surface area contributed by atoms with E-state index in [1.807, 2.05) is 0 Å². The van der Waals surface area contributed by atoms with Crippen LogP contribution in [0.15, 0.2) is 17.8 Å². The van der Waals surface area contributed by atoms with Gasteiger partial charge in [-0.05, 0) is 38.0 Å². The monoisotopic (exact) mass is 240 g/mol. The Balaban J connectivity index is 1.98. The minimum atomic E-state index is 0.551. The predicted octanol–water partition coefficient (Wildman–Crippen LogP) is 2.54. The molecule has 3 N–H and O–H groups in total. The van der Waals surface area contributed by atoms with E-state index in [2.05, 4.69) is 23.2 Å². The van der Waals surface area contributed by atoms with Gasteiger partial charge >= 0.3 is 0 Å². The van der Waals surface area contributed by atoms with Crippen LogP contribution in [-0.2, 0) is 6.42 Å². The van der Waals surface area contributed by atoms with Crippen molar-refractivity contribution in [3.05, 3.63) is 29.1 Å². The van der Waals surface area contributed by atoms with Crippen molar-refractivity contribution in [2.75, 3.05) is 5.73 Å². The molecule has 4 rings (SSSR count). The smallest absolute Gasteiger partial charge is 0.157 e. The minimum Gasteiger partial charge on any atom is -0.398 e. The highest BCUT2D eigenvalue weighted by Crippen LogP contribution is 2.46. The Kier molecular flexibility index (Phi) is 1.88. The molecule has 92 valence electrons. The molecule has 0 radical (unpaired) electrons. The average Bonchev–Trinajstić information content (AvgIpc) is 2.76. The minimum absolute atomic E-state index is 0.551. The highest BCUT2D eigenvalue weighted by molar-refractivity contribution is 5.90. The number of rotatable bonds is 0. The second-order valence-electron chi connectivity index (χ2n) is 5.63. The number of allylic oxidation sites excluding steroid dienone is 2. The zero-order chi connectivity index (χ0) is 12.3. The van der Waals surface area contributed by atoms with Crippen LogP contribution in [0.1, 0.15) is 36.9 Å². The number of nitrogens with two attached hydrogens (primary N) is 1. The molecular formula is C14H16N4.